The third kappa shape index (κ3) is 3.61. The zero-order chi connectivity index (χ0) is 23.1. The van der Waals surface area contributed by atoms with Crippen molar-refractivity contribution in [3.8, 4) is 11.5 Å². The zero-order valence-electron chi connectivity index (χ0n) is 18.8. The van der Waals surface area contributed by atoms with Crippen molar-refractivity contribution in [3.63, 3.8) is 0 Å². The molecule has 172 valence electrons. The Morgan fingerprint density at radius 1 is 1.15 bits per heavy atom. The van der Waals surface area contributed by atoms with Gasteiger partial charge in [-0.05, 0) is 12.5 Å². The molecule has 1 amide bonds. The number of ether oxygens (including phenoxy) is 2. The van der Waals surface area contributed by atoms with E-state index in [4.69, 9.17) is 20.3 Å². The maximum atomic E-state index is 12.0. The highest BCUT2D eigenvalue weighted by molar-refractivity contribution is 5.89. The number of nitrogens with two attached hydrogens (primary N) is 1. The number of nitrogen functional groups attached to an aromatic ring is 1. The van der Waals surface area contributed by atoms with E-state index >= 15 is 0 Å². The highest BCUT2D eigenvalue weighted by Crippen LogP contribution is 2.39. The molecular formula is C23H27N7O3. The van der Waals surface area contributed by atoms with Gasteiger partial charge in [0.15, 0.2) is 5.65 Å². The number of likely N-dealkylation sites (tertiary alicyclic amines) is 1. The number of methoxy groups -OCH3 is 2. The minimum Gasteiger partial charge on any atom is -0.497 e. The number of amides is 1. The van der Waals surface area contributed by atoms with Crippen LogP contribution in [0.3, 0.4) is 0 Å². The molecule has 0 bridgehead atoms. The van der Waals surface area contributed by atoms with E-state index in [2.05, 4.69) is 21.4 Å². The van der Waals surface area contributed by atoms with E-state index in [9.17, 15) is 4.79 Å². The molecule has 2 aliphatic heterocycles. The minimum atomic E-state index is -0.0633. The van der Waals surface area contributed by atoms with Gasteiger partial charge in [0.05, 0.1) is 31.3 Å². The first-order chi connectivity index (χ1) is 16.0. The lowest BCUT2D eigenvalue weighted by Crippen LogP contribution is -2.45. The quantitative estimate of drug-likeness (QED) is 0.569. The zero-order valence-corrected chi connectivity index (χ0v) is 18.8. The first-order valence-corrected chi connectivity index (χ1v) is 10.9. The molecule has 2 saturated heterocycles. The molecule has 10 heteroatoms. The fraction of sp³-hybridized carbons (Fsp3) is 0.391. The number of benzene rings is 1. The van der Waals surface area contributed by atoms with Gasteiger partial charge in [-0.3, -0.25) is 4.79 Å². The van der Waals surface area contributed by atoms with Crippen LogP contribution in [0, 0.1) is 0 Å². The standard InChI is InChI=1S/C23H27N7O3/c1-4-19(31)28-6-5-15(12-28)30-23-20(22(24)25-13-26-23)21(27-30)14-10-29(11-14)16-7-17(32-2)9-18(8-16)33-3/h4,7-9,13-15H,1,5-6,10-12H2,2-3H3,(H2,24,25,26). The number of hydrogen-bond donors (Lipinski definition) is 1. The lowest BCUT2D eigenvalue weighted by atomic mass is 9.93. The van der Waals surface area contributed by atoms with Crippen LogP contribution in [-0.4, -0.2) is 71.0 Å². The lowest BCUT2D eigenvalue weighted by molar-refractivity contribution is -0.125. The van der Waals surface area contributed by atoms with Crippen molar-refractivity contribution in [2.24, 2.45) is 0 Å². The number of carbonyl (C=O) groups excluding carboxylic acids is 1. The Bertz CT molecular complexity index is 1200. The number of nitrogens with zero attached hydrogens (tertiary/aromatic N) is 6. The smallest absolute Gasteiger partial charge is 0.246 e. The highest BCUT2D eigenvalue weighted by Gasteiger charge is 2.36. The molecule has 0 saturated carbocycles. The predicted octanol–water partition coefficient (Wildman–Crippen LogP) is 1.99. The van der Waals surface area contributed by atoms with Gasteiger partial charge in [-0.1, -0.05) is 6.58 Å². The van der Waals surface area contributed by atoms with Gasteiger partial charge >= 0.3 is 0 Å². The number of aromatic nitrogens is 4. The van der Waals surface area contributed by atoms with Gasteiger partial charge in [0, 0.05) is 56.0 Å². The summed E-state index contributed by atoms with van der Waals surface area (Å²) in [7, 11) is 3.29. The molecule has 2 N–H and O–H groups in total. The van der Waals surface area contributed by atoms with Crippen LogP contribution in [0.2, 0.25) is 0 Å². The Morgan fingerprint density at radius 3 is 2.55 bits per heavy atom. The molecule has 2 fully saturated rings. The number of fused-ring (bicyclic) bond motifs is 1. The van der Waals surface area contributed by atoms with Crippen LogP contribution in [0.4, 0.5) is 11.5 Å². The largest absolute Gasteiger partial charge is 0.497 e. The monoisotopic (exact) mass is 449 g/mol. The van der Waals surface area contributed by atoms with Crippen LogP contribution in [-0.2, 0) is 4.79 Å². The molecule has 1 atom stereocenters. The Kier molecular flexibility index (Phi) is 5.27. The van der Waals surface area contributed by atoms with Crippen LogP contribution in [0.15, 0.2) is 37.2 Å². The van der Waals surface area contributed by atoms with E-state index in [0.29, 0.717) is 18.9 Å². The molecule has 33 heavy (non-hydrogen) atoms. The van der Waals surface area contributed by atoms with Gasteiger partial charge in [0.2, 0.25) is 5.91 Å². The molecule has 1 unspecified atom stereocenters. The van der Waals surface area contributed by atoms with E-state index in [-0.39, 0.29) is 17.9 Å². The number of hydrogen-bond acceptors (Lipinski definition) is 8. The number of rotatable bonds is 6. The van der Waals surface area contributed by atoms with Crippen molar-refractivity contribution < 1.29 is 14.3 Å². The van der Waals surface area contributed by atoms with Gasteiger partial charge in [-0.25, -0.2) is 14.6 Å². The van der Waals surface area contributed by atoms with Crippen LogP contribution >= 0.6 is 0 Å². The van der Waals surface area contributed by atoms with Gasteiger partial charge in [-0.15, -0.1) is 0 Å². The molecule has 4 heterocycles. The first-order valence-electron chi connectivity index (χ1n) is 10.9. The van der Waals surface area contributed by atoms with Crippen LogP contribution in [0.5, 0.6) is 11.5 Å². The average Bonchev–Trinajstić information content (AvgIpc) is 3.43. The average molecular weight is 450 g/mol. The van der Waals surface area contributed by atoms with Crippen molar-refractivity contribution in [2.75, 3.05) is 51.0 Å². The van der Waals surface area contributed by atoms with Crippen LogP contribution < -0.4 is 20.1 Å². The fourth-order valence-electron chi connectivity index (χ4n) is 4.67. The summed E-state index contributed by atoms with van der Waals surface area (Å²) in [5.74, 6) is 2.05. The third-order valence-electron chi connectivity index (χ3n) is 6.51. The second-order valence-corrected chi connectivity index (χ2v) is 8.39. The highest BCUT2D eigenvalue weighted by atomic mass is 16.5. The third-order valence-corrected chi connectivity index (χ3v) is 6.51. The Labute approximate surface area is 191 Å². The normalized spacial score (nSPS) is 18.4. The van der Waals surface area contributed by atoms with Gasteiger partial charge < -0.3 is 25.0 Å². The molecule has 0 aliphatic carbocycles. The van der Waals surface area contributed by atoms with Crippen molar-refractivity contribution in [3.05, 3.63) is 42.9 Å². The molecular weight excluding hydrogens is 422 g/mol. The Balaban J connectivity index is 1.42. The molecule has 3 aromatic rings. The van der Waals surface area contributed by atoms with Gasteiger partial charge in [-0.2, -0.15) is 5.10 Å². The summed E-state index contributed by atoms with van der Waals surface area (Å²) in [6.07, 6.45) is 3.63. The summed E-state index contributed by atoms with van der Waals surface area (Å²) in [6, 6.07) is 5.89. The van der Waals surface area contributed by atoms with Gasteiger partial charge in [0.1, 0.15) is 23.6 Å². The molecule has 2 aromatic heterocycles. The summed E-state index contributed by atoms with van der Waals surface area (Å²) >= 11 is 0. The second kappa shape index (κ2) is 8.27. The minimum absolute atomic E-state index is 0.0401. The Morgan fingerprint density at radius 2 is 1.88 bits per heavy atom. The topological polar surface area (TPSA) is 112 Å². The maximum Gasteiger partial charge on any atom is 0.246 e. The van der Waals surface area contributed by atoms with E-state index < -0.39 is 0 Å². The molecule has 0 radical (unpaired) electrons. The van der Waals surface area contributed by atoms with Crippen LogP contribution in [0.1, 0.15) is 24.1 Å². The summed E-state index contributed by atoms with van der Waals surface area (Å²) in [6.45, 7) is 6.40. The first kappa shape index (κ1) is 21.0. The van der Waals surface area contributed by atoms with E-state index in [1.54, 1.807) is 19.1 Å². The van der Waals surface area contributed by atoms with Gasteiger partial charge in [0.25, 0.3) is 0 Å². The SMILES string of the molecule is C=CC(=O)N1CCC(n2nc(C3CN(c4cc(OC)cc(OC)c4)C3)c3c(N)ncnc32)C1. The number of anilines is 2. The van der Waals surface area contributed by atoms with Crippen molar-refractivity contribution in [1.29, 1.82) is 0 Å². The summed E-state index contributed by atoms with van der Waals surface area (Å²) < 4.78 is 12.7. The van der Waals surface area contributed by atoms with E-state index in [0.717, 1.165) is 53.4 Å². The number of carbonyl (C=O) groups is 1. The predicted molar refractivity (Wildman–Crippen MR) is 125 cm³/mol. The van der Waals surface area contributed by atoms with E-state index in [1.807, 2.05) is 22.9 Å². The molecule has 10 nitrogen and oxygen atoms in total. The molecule has 0 spiro atoms. The molecule has 2 aliphatic rings. The Hall–Kier alpha value is -3.82. The van der Waals surface area contributed by atoms with Crippen molar-refractivity contribution in [2.45, 2.75) is 18.4 Å². The maximum absolute atomic E-state index is 12.0. The van der Waals surface area contributed by atoms with E-state index in [1.165, 1.54) is 12.4 Å². The molecule has 5 rings (SSSR count). The summed E-state index contributed by atoms with van der Waals surface area (Å²) in [5, 5.41) is 5.77. The summed E-state index contributed by atoms with van der Waals surface area (Å²) in [5.41, 5.74) is 8.93. The van der Waals surface area contributed by atoms with Crippen molar-refractivity contribution in [1.82, 2.24) is 24.6 Å². The lowest BCUT2D eigenvalue weighted by Gasteiger charge is -2.40. The van der Waals surface area contributed by atoms with Crippen LogP contribution in [0.25, 0.3) is 11.0 Å². The fourth-order valence-corrected chi connectivity index (χ4v) is 4.67. The molecule has 1 aromatic carbocycles. The second-order valence-electron chi connectivity index (χ2n) is 8.39. The summed E-state index contributed by atoms with van der Waals surface area (Å²) in [4.78, 5) is 24.8. The van der Waals surface area contributed by atoms with Crippen molar-refractivity contribution >= 4 is 28.4 Å².